The minimum Gasteiger partial charge on any atom is -0.382 e. The van der Waals surface area contributed by atoms with E-state index in [1.807, 2.05) is 18.2 Å². The largest absolute Gasteiger partial charge is 0.473 e. The van der Waals surface area contributed by atoms with Crippen LogP contribution in [0, 0.1) is 0 Å². The van der Waals surface area contributed by atoms with Gasteiger partial charge in [0.05, 0.1) is 6.67 Å². The number of methoxy groups -OCH3 is 1. The third-order valence-corrected chi connectivity index (χ3v) is 4.20. The normalized spacial score (nSPS) is 14.2. The number of aromatic nitrogens is 2. The van der Waals surface area contributed by atoms with Crippen LogP contribution in [0.25, 0.3) is 0 Å². The van der Waals surface area contributed by atoms with Crippen LogP contribution in [-0.4, -0.2) is 30.4 Å². The second-order valence-electron chi connectivity index (χ2n) is 5.22. The summed E-state index contributed by atoms with van der Waals surface area (Å²) in [5.41, 5.74) is 7.92. The zero-order chi connectivity index (χ0) is 16.2. The summed E-state index contributed by atoms with van der Waals surface area (Å²) in [6.07, 6.45) is 0. The molecule has 1 unspecified atom stereocenters. The Labute approximate surface area is 138 Å². The first-order valence-electron chi connectivity index (χ1n) is 7.20. The number of benzene rings is 1. The van der Waals surface area contributed by atoms with E-state index in [0.29, 0.717) is 36.5 Å². The van der Waals surface area contributed by atoms with Gasteiger partial charge in [0, 0.05) is 17.9 Å². The second kappa shape index (κ2) is 6.84. The van der Waals surface area contributed by atoms with Gasteiger partial charge in [0.1, 0.15) is 12.3 Å². The van der Waals surface area contributed by atoms with E-state index >= 15 is 0 Å². The Hall–Kier alpha value is -2.32. The number of hydrogen-bond donors (Lipinski definition) is 2. The van der Waals surface area contributed by atoms with E-state index in [0.717, 1.165) is 11.5 Å². The SMILES string of the molecule is COCC([S+]=O)c1nc(N)c2c(n1)N(Cc1ccccc1)CN2. The van der Waals surface area contributed by atoms with Gasteiger partial charge in [0.25, 0.3) is 0 Å². The van der Waals surface area contributed by atoms with E-state index in [2.05, 4.69) is 32.3 Å². The molecule has 120 valence electrons. The predicted octanol–water partition coefficient (Wildman–Crippen LogP) is 1.56. The van der Waals surface area contributed by atoms with Gasteiger partial charge in [-0.25, -0.2) is 9.97 Å². The molecular formula is C15H18N5O2S+. The van der Waals surface area contributed by atoms with Crippen molar-refractivity contribution in [1.82, 2.24) is 9.97 Å². The quantitative estimate of drug-likeness (QED) is 0.775. The number of nitrogens with two attached hydrogens (primary N) is 1. The van der Waals surface area contributed by atoms with E-state index in [1.165, 1.54) is 5.56 Å². The Bertz CT molecular complexity index is 698. The summed E-state index contributed by atoms with van der Waals surface area (Å²) in [5.74, 6) is 1.49. The molecule has 0 aliphatic carbocycles. The van der Waals surface area contributed by atoms with Crippen LogP contribution in [0.1, 0.15) is 16.6 Å². The lowest BCUT2D eigenvalue weighted by molar-refractivity contribution is 0.197. The number of rotatable bonds is 6. The molecule has 0 bridgehead atoms. The van der Waals surface area contributed by atoms with Crippen molar-refractivity contribution in [2.75, 3.05) is 36.3 Å². The number of anilines is 3. The molecule has 7 nitrogen and oxygen atoms in total. The van der Waals surface area contributed by atoms with E-state index in [1.54, 1.807) is 7.11 Å². The van der Waals surface area contributed by atoms with Gasteiger partial charge in [-0.15, -0.1) is 0 Å². The fourth-order valence-corrected chi connectivity index (χ4v) is 2.89. The molecule has 1 aliphatic heterocycles. The maximum atomic E-state index is 11.3. The average molecular weight is 332 g/mol. The molecule has 1 aromatic carbocycles. The molecule has 3 rings (SSSR count). The van der Waals surface area contributed by atoms with Crippen LogP contribution in [0.5, 0.6) is 0 Å². The van der Waals surface area contributed by atoms with Crippen LogP contribution in [0.3, 0.4) is 0 Å². The first kappa shape index (κ1) is 15.6. The number of nitrogens with zero attached hydrogens (tertiary/aromatic N) is 3. The van der Waals surface area contributed by atoms with Crippen molar-refractivity contribution in [3.05, 3.63) is 41.7 Å². The molecule has 0 fully saturated rings. The first-order valence-corrected chi connectivity index (χ1v) is 8.01. The van der Waals surface area contributed by atoms with Crippen LogP contribution < -0.4 is 16.0 Å². The highest BCUT2D eigenvalue weighted by Gasteiger charge is 2.32. The van der Waals surface area contributed by atoms with Crippen LogP contribution in [-0.2, 0) is 27.2 Å². The fourth-order valence-electron chi connectivity index (χ4n) is 2.51. The fraction of sp³-hybridized carbons (Fsp3) is 0.333. The molecule has 23 heavy (non-hydrogen) atoms. The van der Waals surface area contributed by atoms with Crippen LogP contribution in [0.15, 0.2) is 30.3 Å². The molecule has 0 radical (unpaired) electrons. The van der Waals surface area contributed by atoms with Crippen molar-refractivity contribution in [1.29, 1.82) is 0 Å². The molecule has 0 spiro atoms. The first-order chi connectivity index (χ1) is 11.2. The van der Waals surface area contributed by atoms with E-state index in [9.17, 15) is 4.21 Å². The lowest BCUT2D eigenvalue weighted by Gasteiger charge is -2.17. The predicted molar refractivity (Wildman–Crippen MR) is 90.2 cm³/mol. The molecule has 0 saturated carbocycles. The maximum absolute atomic E-state index is 11.3. The molecule has 1 aliphatic rings. The maximum Gasteiger partial charge on any atom is 0.473 e. The van der Waals surface area contributed by atoms with Crippen LogP contribution in [0.4, 0.5) is 17.3 Å². The lowest BCUT2D eigenvalue weighted by atomic mass is 10.2. The monoisotopic (exact) mass is 332 g/mol. The van der Waals surface area contributed by atoms with Crippen molar-refractivity contribution in [3.63, 3.8) is 0 Å². The molecular weight excluding hydrogens is 314 g/mol. The van der Waals surface area contributed by atoms with E-state index < -0.39 is 5.25 Å². The highest BCUT2D eigenvalue weighted by atomic mass is 32.1. The minimum atomic E-state index is -0.480. The number of hydrogen-bond acceptors (Lipinski definition) is 7. The number of nitrogen functional groups attached to an aromatic ring is 1. The van der Waals surface area contributed by atoms with Crippen molar-refractivity contribution in [2.45, 2.75) is 11.8 Å². The molecule has 8 heteroatoms. The lowest BCUT2D eigenvalue weighted by Crippen LogP contribution is -2.23. The number of fused-ring (bicyclic) bond motifs is 1. The third kappa shape index (κ3) is 3.22. The highest BCUT2D eigenvalue weighted by molar-refractivity contribution is 7.65. The highest BCUT2D eigenvalue weighted by Crippen LogP contribution is 2.35. The summed E-state index contributed by atoms with van der Waals surface area (Å²) >= 11 is 0.412. The standard InChI is InChI=1S/C15H18N5O2S/c1-22-8-11(23-21)14-18-13(16)12-15(19-14)20(9-17-12)7-10-5-3-2-4-6-10/h2-6,11,17H,7-9H2,1H3,(H2,16,18,19)/q+1. The molecule has 2 aromatic rings. The van der Waals surface area contributed by atoms with Crippen LogP contribution in [0.2, 0.25) is 0 Å². The second-order valence-corrected chi connectivity index (χ2v) is 5.99. The number of ether oxygens (including phenoxy) is 1. The van der Waals surface area contributed by atoms with Gasteiger partial charge in [0.15, 0.2) is 11.6 Å². The topological polar surface area (TPSA) is 93.4 Å². The van der Waals surface area contributed by atoms with Gasteiger partial charge in [-0.1, -0.05) is 30.3 Å². The summed E-state index contributed by atoms with van der Waals surface area (Å²) < 4.78 is 16.4. The summed E-state index contributed by atoms with van der Waals surface area (Å²) in [6, 6.07) is 10.1. The Morgan fingerprint density at radius 2 is 2.17 bits per heavy atom. The molecule has 0 amide bonds. The van der Waals surface area contributed by atoms with Crippen molar-refractivity contribution >= 4 is 29.0 Å². The minimum absolute atomic E-state index is 0.249. The third-order valence-electron chi connectivity index (χ3n) is 3.62. The molecule has 1 atom stereocenters. The van der Waals surface area contributed by atoms with Gasteiger partial charge in [0.2, 0.25) is 5.82 Å². The molecule has 2 heterocycles. The summed E-state index contributed by atoms with van der Waals surface area (Å²) in [7, 11) is 1.54. The Morgan fingerprint density at radius 1 is 1.39 bits per heavy atom. The van der Waals surface area contributed by atoms with Crippen molar-refractivity contribution in [3.8, 4) is 0 Å². The van der Waals surface area contributed by atoms with Crippen molar-refractivity contribution < 1.29 is 8.95 Å². The molecule has 0 saturated heterocycles. The zero-order valence-corrected chi connectivity index (χ0v) is 13.5. The van der Waals surface area contributed by atoms with Crippen LogP contribution >= 0.6 is 0 Å². The Kier molecular flexibility index (Phi) is 4.63. The average Bonchev–Trinajstić information content (AvgIpc) is 2.97. The summed E-state index contributed by atoms with van der Waals surface area (Å²) in [4.78, 5) is 10.9. The van der Waals surface area contributed by atoms with Crippen molar-refractivity contribution in [2.24, 2.45) is 0 Å². The van der Waals surface area contributed by atoms with Gasteiger partial charge < -0.3 is 20.7 Å². The summed E-state index contributed by atoms with van der Waals surface area (Å²) in [5, 5.41) is 2.73. The van der Waals surface area contributed by atoms with Gasteiger partial charge in [-0.05, 0) is 5.56 Å². The van der Waals surface area contributed by atoms with E-state index in [4.69, 9.17) is 10.5 Å². The van der Waals surface area contributed by atoms with Gasteiger partial charge in [-0.2, -0.15) is 0 Å². The molecule has 3 N–H and O–H groups in total. The van der Waals surface area contributed by atoms with Gasteiger partial charge in [-0.3, -0.25) is 0 Å². The Balaban J connectivity index is 1.91. The number of nitrogens with one attached hydrogen (secondary N) is 1. The smallest absolute Gasteiger partial charge is 0.382 e. The zero-order valence-electron chi connectivity index (χ0n) is 12.7. The summed E-state index contributed by atoms with van der Waals surface area (Å²) in [6.45, 7) is 1.56. The Morgan fingerprint density at radius 3 is 2.87 bits per heavy atom. The molecule has 1 aromatic heterocycles. The van der Waals surface area contributed by atoms with E-state index in [-0.39, 0.29) is 6.61 Å². The van der Waals surface area contributed by atoms with Gasteiger partial charge >= 0.3 is 16.9 Å².